The van der Waals surface area contributed by atoms with E-state index in [1.165, 1.54) is 12.1 Å². The van der Waals surface area contributed by atoms with Crippen molar-refractivity contribution in [3.05, 3.63) is 71.9 Å². The van der Waals surface area contributed by atoms with Crippen LogP contribution in [0.1, 0.15) is 5.56 Å². The molecule has 4 heteroatoms. The van der Waals surface area contributed by atoms with Crippen molar-refractivity contribution < 1.29 is 8.78 Å². The Bertz CT molecular complexity index is 731. The smallest absolute Gasteiger partial charge is 0.126 e. The molecule has 20 heavy (non-hydrogen) atoms. The maximum Gasteiger partial charge on any atom is 0.126 e. The summed E-state index contributed by atoms with van der Waals surface area (Å²) in [4.78, 5) is 4.27. The highest BCUT2D eigenvalue weighted by Crippen LogP contribution is 2.22. The zero-order valence-corrected chi connectivity index (χ0v) is 10.6. The summed E-state index contributed by atoms with van der Waals surface area (Å²) < 4.78 is 26.3. The van der Waals surface area contributed by atoms with Gasteiger partial charge < -0.3 is 5.32 Å². The fourth-order valence-electron chi connectivity index (χ4n) is 2.17. The molecule has 2 aromatic carbocycles. The van der Waals surface area contributed by atoms with Crippen LogP contribution in [0, 0.1) is 11.6 Å². The van der Waals surface area contributed by atoms with Gasteiger partial charge in [0.15, 0.2) is 0 Å². The van der Waals surface area contributed by atoms with E-state index in [2.05, 4.69) is 10.3 Å². The van der Waals surface area contributed by atoms with Crippen LogP contribution in [0.3, 0.4) is 0 Å². The summed E-state index contributed by atoms with van der Waals surface area (Å²) in [6.07, 6.45) is 1.73. The van der Waals surface area contributed by atoms with Crippen molar-refractivity contribution in [1.82, 2.24) is 4.98 Å². The number of nitrogens with zero attached hydrogens (tertiary/aromatic N) is 1. The number of fused-ring (bicyclic) bond motifs is 1. The molecule has 0 fully saturated rings. The lowest BCUT2D eigenvalue weighted by molar-refractivity contribution is 0.580. The Kier molecular flexibility index (Phi) is 3.29. The van der Waals surface area contributed by atoms with Gasteiger partial charge in [-0.3, -0.25) is 4.98 Å². The van der Waals surface area contributed by atoms with Crippen molar-refractivity contribution >= 4 is 16.6 Å². The van der Waals surface area contributed by atoms with Crippen LogP contribution < -0.4 is 5.32 Å². The van der Waals surface area contributed by atoms with E-state index in [0.29, 0.717) is 12.1 Å². The van der Waals surface area contributed by atoms with Crippen molar-refractivity contribution in [2.45, 2.75) is 6.54 Å². The van der Waals surface area contributed by atoms with Crippen molar-refractivity contribution in [2.24, 2.45) is 0 Å². The van der Waals surface area contributed by atoms with Crippen LogP contribution in [0.25, 0.3) is 10.9 Å². The number of aromatic nitrogens is 1. The fourth-order valence-corrected chi connectivity index (χ4v) is 2.17. The molecule has 1 aromatic heterocycles. The predicted octanol–water partition coefficient (Wildman–Crippen LogP) is 4.13. The van der Waals surface area contributed by atoms with Gasteiger partial charge in [0.2, 0.25) is 0 Å². The second kappa shape index (κ2) is 5.25. The van der Waals surface area contributed by atoms with Crippen LogP contribution in [0.2, 0.25) is 0 Å². The highest BCUT2D eigenvalue weighted by Gasteiger charge is 2.03. The molecular formula is C16H12F2N2. The van der Waals surface area contributed by atoms with Crippen molar-refractivity contribution in [3.63, 3.8) is 0 Å². The molecule has 3 rings (SSSR count). The summed E-state index contributed by atoms with van der Waals surface area (Å²) in [6.45, 7) is 0.350. The van der Waals surface area contributed by atoms with E-state index in [1.54, 1.807) is 6.20 Å². The Morgan fingerprint density at radius 2 is 1.75 bits per heavy atom. The maximum atomic E-state index is 13.1. The number of hydrogen-bond donors (Lipinski definition) is 1. The number of pyridine rings is 1. The van der Waals surface area contributed by atoms with Crippen LogP contribution in [0.4, 0.5) is 14.5 Å². The zero-order valence-electron chi connectivity index (χ0n) is 10.6. The third kappa shape index (κ3) is 2.59. The average Bonchev–Trinajstić information content (AvgIpc) is 2.44. The first-order chi connectivity index (χ1) is 9.72. The van der Waals surface area contributed by atoms with Crippen LogP contribution >= 0.6 is 0 Å². The minimum Gasteiger partial charge on any atom is -0.380 e. The number of anilines is 1. The molecule has 3 aromatic rings. The molecular weight excluding hydrogens is 258 g/mol. The van der Waals surface area contributed by atoms with Gasteiger partial charge >= 0.3 is 0 Å². The Labute approximate surface area is 115 Å². The number of rotatable bonds is 3. The molecule has 100 valence electrons. The van der Waals surface area contributed by atoms with Gasteiger partial charge in [0.05, 0.1) is 5.52 Å². The summed E-state index contributed by atoms with van der Waals surface area (Å²) in [5, 5.41) is 4.16. The third-order valence-electron chi connectivity index (χ3n) is 3.05. The average molecular weight is 270 g/mol. The summed E-state index contributed by atoms with van der Waals surface area (Å²) in [6, 6.07) is 13.0. The monoisotopic (exact) mass is 270 g/mol. The molecule has 0 atom stereocenters. The summed E-state index contributed by atoms with van der Waals surface area (Å²) in [7, 11) is 0. The maximum absolute atomic E-state index is 13.1. The lowest BCUT2D eigenvalue weighted by Crippen LogP contribution is -2.01. The van der Waals surface area contributed by atoms with Gasteiger partial charge in [-0.05, 0) is 42.0 Å². The largest absolute Gasteiger partial charge is 0.380 e. The van der Waals surface area contributed by atoms with Gasteiger partial charge in [-0.2, -0.15) is 0 Å². The lowest BCUT2D eigenvalue weighted by atomic mass is 10.1. The molecule has 0 bridgehead atoms. The van der Waals surface area contributed by atoms with E-state index in [9.17, 15) is 8.78 Å². The number of halogens is 2. The summed E-state index contributed by atoms with van der Waals surface area (Å²) in [5.41, 5.74) is 2.33. The molecule has 0 aliphatic carbocycles. The Balaban J connectivity index is 1.87. The van der Waals surface area contributed by atoms with Gasteiger partial charge in [0.25, 0.3) is 0 Å². The Morgan fingerprint density at radius 1 is 0.950 bits per heavy atom. The number of hydrogen-bond acceptors (Lipinski definition) is 2. The van der Waals surface area contributed by atoms with Crippen molar-refractivity contribution in [3.8, 4) is 0 Å². The van der Waals surface area contributed by atoms with E-state index in [1.807, 2.05) is 30.3 Å². The van der Waals surface area contributed by atoms with E-state index < -0.39 is 11.6 Å². The van der Waals surface area contributed by atoms with E-state index in [0.717, 1.165) is 22.7 Å². The van der Waals surface area contributed by atoms with Gasteiger partial charge in [0.1, 0.15) is 11.6 Å². The first-order valence-electron chi connectivity index (χ1n) is 6.25. The zero-order chi connectivity index (χ0) is 13.9. The van der Waals surface area contributed by atoms with Gasteiger partial charge in [-0.15, -0.1) is 0 Å². The molecule has 1 N–H and O–H groups in total. The molecule has 2 nitrogen and oxygen atoms in total. The van der Waals surface area contributed by atoms with Crippen LogP contribution in [-0.4, -0.2) is 4.98 Å². The van der Waals surface area contributed by atoms with E-state index >= 15 is 0 Å². The normalized spacial score (nSPS) is 10.7. The molecule has 0 aliphatic heterocycles. The standard InChI is InChI=1S/C16H12F2N2/c17-12-7-11(8-13(18)9-12)10-20-16-5-1-4-15-14(16)3-2-6-19-15/h1-9,20H,10H2. The minimum absolute atomic E-state index is 0.350. The van der Waals surface area contributed by atoms with Gasteiger partial charge in [-0.1, -0.05) is 6.07 Å². The molecule has 0 saturated heterocycles. The topological polar surface area (TPSA) is 24.9 Å². The second-order valence-corrected chi connectivity index (χ2v) is 4.51. The SMILES string of the molecule is Fc1cc(F)cc(CNc2cccc3ncccc23)c1. The Hall–Kier alpha value is -2.49. The first kappa shape index (κ1) is 12.5. The highest BCUT2D eigenvalue weighted by molar-refractivity contribution is 5.91. The Morgan fingerprint density at radius 3 is 2.55 bits per heavy atom. The molecule has 0 spiro atoms. The third-order valence-corrected chi connectivity index (χ3v) is 3.05. The van der Waals surface area contributed by atoms with Crippen molar-refractivity contribution in [2.75, 3.05) is 5.32 Å². The van der Waals surface area contributed by atoms with E-state index in [-0.39, 0.29) is 0 Å². The van der Waals surface area contributed by atoms with Crippen LogP contribution in [-0.2, 0) is 6.54 Å². The predicted molar refractivity (Wildman–Crippen MR) is 75.4 cm³/mol. The van der Waals surface area contributed by atoms with Crippen molar-refractivity contribution in [1.29, 1.82) is 0 Å². The fraction of sp³-hybridized carbons (Fsp3) is 0.0625. The highest BCUT2D eigenvalue weighted by atomic mass is 19.1. The number of benzene rings is 2. The first-order valence-corrected chi connectivity index (χ1v) is 6.25. The van der Waals surface area contributed by atoms with Gasteiger partial charge in [0, 0.05) is 29.9 Å². The molecule has 0 saturated carbocycles. The lowest BCUT2D eigenvalue weighted by Gasteiger charge is -2.09. The molecule has 0 amide bonds. The minimum atomic E-state index is -0.568. The molecule has 0 unspecified atom stereocenters. The molecule has 1 heterocycles. The number of nitrogens with one attached hydrogen (secondary N) is 1. The summed E-state index contributed by atoms with van der Waals surface area (Å²) in [5.74, 6) is -1.14. The second-order valence-electron chi connectivity index (χ2n) is 4.51. The molecule has 0 radical (unpaired) electrons. The summed E-state index contributed by atoms with van der Waals surface area (Å²) >= 11 is 0. The quantitative estimate of drug-likeness (QED) is 0.774. The molecule has 0 aliphatic rings. The van der Waals surface area contributed by atoms with Crippen LogP contribution in [0.15, 0.2) is 54.7 Å². The van der Waals surface area contributed by atoms with E-state index in [4.69, 9.17) is 0 Å². The van der Waals surface area contributed by atoms with Crippen LogP contribution in [0.5, 0.6) is 0 Å². The van der Waals surface area contributed by atoms with Gasteiger partial charge in [-0.25, -0.2) is 8.78 Å².